The van der Waals surface area contributed by atoms with Crippen LogP contribution in [0.25, 0.3) is 0 Å². The number of amides is 2. The van der Waals surface area contributed by atoms with Crippen LogP contribution in [0.5, 0.6) is 5.75 Å². The van der Waals surface area contributed by atoms with Gasteiger partial charge in [-0.1, -0.05) is 18.2 Å². The van der Waals surface area contributed by atoms with Gasteiger partial charge in [0.2, 0.25) is 0 Å². The number of rotatable bonds is 4. The predicted octanol–water partition coefficient (Wildman–Crippen LogP) is 3.17. The molecule has 0 bridgehead atoms. The van der Waals surface area contributed by atoms with E-state index in [-0.39, 0.29) is 18.6 Å². The molecule has 128 valence electrons. The Labute approximate surface area is 145 Å². The van der Waals surface area contributed by atoms with Crippen molar-refractivity contribution in [3.63, 3.8) is 0 Å². The average molecular weight is 346 g/mol. The molecular weight excluding hydrogens is 324 g/mol. The first-order valence-corrected chi connectivity index (χ1v) is 9.02. The van der Waals surface area contributed by atoms with Gasteiger partial charge in [0.25, 0.3) is 0 Å². The summed E-state index contributed by atoms with van der Waals surface area (Å²) >= 11 is 1.52. The molecule has 1 aliphatic heterocycles. The molecule has 0 saturated heterocycles. The molecule has 3 rings (SSSR count). The van der Waals surface area contributed by atoms with Crippen molar-refractivity contribution in [2.24, 2.45) is 0 Å². The van der Waals surface area contributed by atoms with Crippen molar-refractivity contribution in [2.75, 3.05) is 13.2 Å². The van der Waals surface area contributed by atoms with E-state index in [1.807, 2.05) is 41.1 Å². The van der Waals surface area contributed by atoms with E-state index in [2.05, 4.69) is 10.6 Å². The number of carbonyl (C=O) groups is 1. The summed E-state index contributed by atoms with van der Waals surface area (Å²) in [5.41, 5.74) is 0.720. The minimum atomic E-state index is -1.08. The maximum Gasteiger partial charge on any atom is 0.315 e. The summed E-state index contributed by atoms with van der Waals surface area (Å²) in [5, 5.41) is 20.0. The van der Waals surface area contributed by atoms with Gasteiger partial charge in [0.15, 0.2) is 0 Å². The number of carbonyl (C=O) groups excluding carboxylic acids is 1. The Kier molecular flexibility index (Phi) is 5.06. The molecule has 3 N–H and O–H groups in total. The highest BCUT2D eigenvalue weighted by Gasteiger charge is 2.26. The van der Waals surface area contributed by atoms with Crippen LogP contribution in [0.15, 0.2) is 41.1 Å². The lowest BCUT2D eigenvalue weighted by Crippen LogP contribution is -2.44. The smallest absolute Gasteiger partial charge is 0.315 e. The normalized spacial score (nSPS) is 19.3. The molecule has 0 fully saturated rings. The van der Waals surface area contributed by atoms with Crippen molar-refractivity contribution in [2.45, 2.75) is 31.4 Å². The molecule has 0 aliphatic carbocycles. The maximum absolute atomic E-state index is 12.3. The van der Waals surface area contributed by atoms with Crippen LogP contribution in [0, 0.1) is 0 Å². The van der Waals surface area contributed by atoms with Gasteiger partial charge in [0.1, 0.15) is 11.4 Å². The standard InChI is InChI=1S/C18H22N2O3S/c1-18(22,13-8-10-24-11-13)12-19-17(21)20-15-6-4-9-23-16-7-3-2-5-14(15)16/h2-3,5,7-8,10-11,15,22H,4,6,9,12H2,1H3,(H2,19,20,21)/t15-,18-/m0/s1. The van der Waals surface area contributed by atoms with E-state index in [9.17, 15) is 9.90 Å². The van der Waals surface area contributed by atoms with E-state index in [1.54, 1.807) is 6.92 Å². The Balaban J connectivity index is 1.61. The Morgan fingerprint density at radius 1 is 1.42 bits per heavy atom. The first-order chi connectivity index (χ1) is 11.6. The molecule has 5 nitrogen and oxygen atoms in total. The molecule has 1 aromatic heterocycles. The van der Waals surface area contributed by atoms with E-state index in [0.29, 0.717) is 6.61 Å². The molecule has 6 heteroatoms. The second-order valence-electron chi connectivity index (χ2n) is 6.19. The summed E-state index contributed by atoms with van der Waals surface area (Å²) in [6.07, 6.45) is 1.71. The number of thiophene rings is 1. The SMILES string of the molecule is C[C@](O)(CNC(=O)N[C@H]1CCCOc2ccccc21)c1ccsc1. The fourth-order valence-corrected chi connectivity index (χ4v) is 3.59. The van der Waals surface area contributed by atoms with Gasteiger partial charge < -0.3 is 20.5 Å². The number of hydrogen-bond acceptors (Lipinski definition) is 4. The molecule has 0 unspecified atom stereocenters. The Hall–Kier alpha value is -2.05. The van der Waals surface area contributed by atoms with Crippen LogP contribution < -0.4 is 15.4 Å². The predicted molar refractivity (Wildman–Crippen MR) is 94.3 cm³/mol. The molecule has 1 aliphatic rings. The number of benzene rings is 1. The van der Waals surface area contributed by atoms with Crippen LogP contribution in [0.3, 0.4) is 0 Å². The van der Waals surface area contributed by atoms with Gasteiger partial charge in [0, 0.05) is 5.56 Å². The van der Waals surface area contributed by atoms with Gasteiger partial charge in [-0.15, -0.1) is 0 Å². The van der Waals surface area contributed by atoms with E-state index in [0.717, 1.165) is 29.7 Å². The third-order valence-corrected chi connectivity index (χ3v) is 4.91. The molecule has 2 aromatic rings. The molecular formula is C18H22N2O3S. The molecule has 1 aromatic carbocycles. The van der Waals surface area contributed by atoms with Gasteiger partial charge >= 0.3 is 6.03 Å². The molecule has 0 spiro atoms. The lowest BCUT2D eigenvalue weighted by Gasteiger charge is -2.24. The summed E-state index contributed by atoms with van der Waals surface area (Å²) in [5.74, 6) is 0.825. The fourth-order valence-electron chi connectivity index (χ4n) is 2.81. The Morgan fingerprint density at radius 2 is 2.25 bits per heavy atom. The number of nitrogens with one attached hydrogen (secondary N) is 2. The summed E-state index contributed by atoms with van der Waals surface area (Å²) < 4.78 is 5.71. The molecule has 2 heterocycles. The van der Waals surface area contributed by atoms with E-state index in [1.165, 1.54) is 11.3 Å². The molecule has 0 radical (unpaired) electrons. The first-order valence-electron chi connectivity index (χ1n) is 8.07. The van der Waals surface area contributed by atoms with Crippen molar-refractivity contribution in [1.29, 1.82) is 0 Å². The maximum atomic E-state index is 12.3. The topological polar surface area (TPSA) is 70.6 Å². The molecule has 2 amide bonds. The van der Waals surface area contributed by atoms with Crippen LogP contribution in [-0.4, -0.2) is 24.3 Å². The lowest BCUT2D eigenvalue weighted by molar-refractivity contribution is 0.0597. The minimum Gasteiger partial charge on any atom is -0.493 e. The number of ether oxygens (including phenoxy) is 1. The lowest BCUT2D eigenvalue weighted by atomic mass is 9.99. The van der Waals surface area contributed by atoms with Gasteiger partial charge in [-0.2, -0.15) is 11.3 Å². The van der Waals surface area contributed by atoms with Crippen LogP contribution >= 0.6 is 11.3 Å². The highest BCUT2D eigenvalue weighted by molar-refractivity contribution is 7.08. The zero-order chi connectivity index (χ0) is 17.0. The quantitative estimate of drug-likeness (QED) is 0.796. The fraction of sp³-hybridized carbons (Fsp3) is 0.389. The molecule has 2 atom stereocenters. The van der Waals surface area contributed by atoms with Crippen LogP contribution in [0.2, 0.25) is 0 Å². The van der Waals surface area contributed by atoms with Crippen molar-refractivity contribution in [3.05, 3.63) is 52.2 Å². The number of para-hydroxylation sites is 1. The van der Waals surface area contributed by atoms with Crippen LogP contribution in [0.4, 0.5) is 4.79 Å². The van der Waals surface area contributed by atoms with Crippen molar-refractivity contribution < 1.29 is 14.6 Å². The highest BCUT2D eigenvalue weighted by Crippen LogP contribution is 2.31. The number of aliphatic hydroxyl groups is 1. The third-order valence-electron chi connectivity index (χ3n) is 4.23. The van der Waals surface area contributed by atoms with E-state index < -0.39 is 5.60 Å². The van der Waals surface area contributed by atoms with E-state index >= 15 is 0 Å². The molecule has 24 heavy (non-hydrogen) atoms. The van der Waals surface area contributed by atoms with Crippen LogP contribution in [0.1, 0.15) is 36.9 Å². The van der Waals surface area contributed by atoms with Gasteiger partial charge in [0.05, 0.1) is 19.2 Å². The van der Waals surface area contributed by atoms with Crippen molar-refractivity contribution >= 4 is 17.4 Å². The zero-order valence-corrected chi connectivity index (χ0v) is 14.4. The summed E-state index contributed by atoms with van der Waals surface area (Å²) in [4.78, 5) is 12.3. The largest absolute Gasteiger partial charge is 0.493 e. The summed E-state index contributed by atoms with van der Waals surface area (Å²) in [6.45, 7) is 2.51. The number of fused-ring (bicyclic) bond motifs is 1. The minimum absolute atomic E-state index is 0.0882. The van der Waals surface area contributed by atoms with E-state index in [4.69, 9.17) is 4.74 Å². The zero-order valence-electron chi connectivity index (χ0n) is 13.6. The number of hydrogen-bond donors (Lipinski definition) is 3. The Morgan fingerprint density at radius 3 is 3.04 bits per heavy atom. The summed E-state index contributed by atoms with van der Waals surface area (Å²) in [6, 6.07) is 9.27. The first kappa shape index (κ1) is 16.8. The monoisotopic (exact) mass is 346 g/mol. The van der Waals surface area contributed by atoms with Crippen LogP contribution in [-0.2, 0) is 5.60 Å². The molecule has 0 saturated carbocycles. The summed E-state index contributed by atoms with van der Waals surface area (Å²) in [7, 11) is 0. The average Bonchev–Trinajstić information content (AvgIpc) is 3.05. The van der Waals surface area contributed by atoms with Crippen molar-refractivity contribution in [1.82, 2.24) is 10.6 Å². The third kappa shape index (κ3) is 3.88. The second-order valence-corrected chi connectivity index (χ2v) is 6.97. The van der Waals surface area contributed by atoms with Gasteiger partial charge in [-0.25, -0.2) is 4.79 Å². The van der Waals surface area contributed by atoms with Gasteiger partial charge in [-0.05, 0) is 48.2 Å². The number of urea groups is 1. The second kappa shape index (κ2) is 7.23. The van der Waals surface area contributed by atoms with Crippen molar-refractivity contribution in [3.8, 4) is 5.75 Å². The highest BCUT2D eigenvalue weighted by atomic mass is 32.1. The Bertz CT molecular complexity index is 685. The van der Waals surface area contributed by atoms with Gasteiger partial charge in [-0.3, -0.25) is 0 Å².